The van der Waals surface area contributed by atoms with Crippen molar-refractivity contribution in [1.82, 2.24) is 0 Å². The van der Waals surface area contributed by atoms with Gasteiger partial charge < -0.3 is 0 Å². The van der Waals surface area contributed by atoms with Crippen LogP contribution in [0.15, 0.2) is 84.9 Å². The summed E-state index contributed by atoms with van der Waals surface area (Å²) >= 11 is 0. The summed E-state index contributed by atoms with van der Waals surface area (Å²) in [5, 5.41) is 4.67. The van der Waals surface area contributed by atoms with Gasteiger partial charge >= 0.3 is 212 Å². The van der Waals surface area contributed by atoms with Gasteiger partial charge in [-0.15, -0.1) is 0 Å². The molecule has 0 fully saturated rings. The predicted molar refractivity (Wildman–Crippen MR) is 164 cm³/mol. The van der Waals surface area contributed by atoms with E-state index in [0.717, 1.165) is 0 Å². The fraction of sp³-hybridized carbons (Fsp3) is 0.438. The average Bonchev–Trinajstić information content (AvgIpc) is 2.91. The number of benzene rings is 3. The second-order valence-corrected chi connectivity index (χ2v) is 19.7. The van der Waals surface area contributed by atoms with Crippen molar-refractivity contribution >= 4 is 30.4 Å². The Balaban J connectivity index is 1.95. The summed E-state index contributed by atoms with van der Waals surface area (Å²) in [7, 11) is -3.16. The predicted octanol–water partition coefficient (Wildman–Crippen LogP) is 7.65. The molecule has 3 aromatic carbocycles. The van der Waals surface area contributed by atoms with Crippen LogP contribution < -0.4 is 15.9 Å². The molecule has 0 nitrogen and oxygen atoms in total. The third kappa shape index (κ3) is 6.39. The van der Waals surface area contributed by atoms with E-state index >= 15 is 0 Å². The van der Waals surface area contributed by atoms with Crippen LogP contribution >= 0.6 is 14.5 Å². The third-order valence-corrected chi connectivity index (χ3v) is 19.2. The minimum atomic E-state index is -2.05. The van der Waals surface area contributed by atoms with Gasteiger partial charge in [-0.05, 0) is 0 Å². The van der Waals surface area contributed by atoms with Crippen LogP contribution in [0, 0.1) is 0 Å². The number of rotatable bonds is 14. The van der Waals surface area contributed by atoms with E-state index in [1.807, 2.05) is 0 Å². The zero-order valence-electron chi connectivity index (χ0n) is 22.2. The van der Waals surface area contributed by atoms with E-state index in [-0.39, 0.29) is 0 Å². The molecule has 0 unspecified atom stereocenters. The van der Waals surface area contributed by atoms with Crippen LogP contribution in [0.1, 0.15) is 58.9 Å². The Bertz CT molecular complexity index is 904. The van der Waals surface area contributed by atoms with Gasteiger partial charge in [0.05, 0.1) is 0 Å². The van der Waals surface area contributed by atoms with Crippen LogP contribution in [-0.2, 0) is 6.42 Å². The number of hydrogen-bond donors (Lipinski definition) is 0. The van der Waals surface area contributed by atoms with Gasteiger partial charge in [0.2, 0.25) is 0 Å². The molecule has 0 aromatic heterocycles. The molecule has 186 valence electrons. The molecule has 0 N–H and O–H groups in total. The van der Waals surface area contributed by atoms with Crippen LogP contribution in [0.3, 0.4) is 0 Å². The van der Waals surface area contributed by atoms with Gasteiger partial charge in [0.15, 0.2) is 0 Å². The van der Waals surface area contributed by atoms with Crippen molar-refractivity contribution in [3.8, 4) is 0 Å². The molecular formula is C32H48P2. The molecule has 0 aliphatic heterocycles. The van der Waals surface area contributed by atoms with Crippen LogP contribution in [0.2, 0.25) is 0 Å². The second-order valence-electron chi connectivity index (χ2n) is 10.2. The Labute approximate surface area is 211 Å². The van der Waals surface area contributed by atoms with E-state index < -0.39 is 14.5 Å². The Kier molecular flexibility index (Phi) is 10.8. The SMILES string of the molecule is CCCC[PH](CC)(CC)CCc1ccc([PH](CCCC)(c2ccccc2)c2ccccc2)cc1. The van der Waals surface area contributed by atoms with Crippen molar-refractivity contribution < 1.29 is 0 Å². The fourth-order valence-electron chi connectivity index (χ4n) is 5.82. The monoisotopic (exact) mass is 494 g/mol. The average molecular weight is 495 g/mol. The summed E-state index contributed by atoms with van der Waals surface area (Å²) in [6.07, 6.45) is 13.7. The molecule has 0 radical (unpaired) electrons. The zero-order valence-corrected chi connectivity index (χ0v) is 24.2. The van der Waals surface area contributed by atoms with Gasteiger partial charge in [0.1, 0.15) is 0 Å². The van der Waals surface area contributed by atoms with Crippen LogP contribution in [0.25, 0.3) is 0 Å². The Morgan fingerprint density at radius 1 is 0.500 bits per heavy atom. The number of aryl methyl sites for hydroxylation is 1. The normalized spacial score (nSPS) is 13.1. The van der Waals surface area contributed by atoms with Gasteiger partial charge in [0.25, 0.3) is 0 Å². The topological polar surface area (TPSA) is 0 Å². The molecule has 0 atom stereocenters. The number of unbranched alkanes of at least 4 members (excludes halogenated alkanes) is 2. The molecule has 2 heteroatoms. The first-order valence-corrected chi connectivity index (χ1v) is 18.9. The molecule has 0 aliphatic carbocycles. The van der Waals surface area contributed by atoms with Gasteiger partial charge in [-0.1, -0.05) is 0 Å². The quantitative estimate of drug-likeness (QED) is 0.202. The van der Waals surface area contributed by atoms with Crippen LogP contribution in [-0.4, -0.2) is 30.8 Å². The standard InChI is InChI=1S/C32H48P2/c1-5-9-26-33(7-3,8-4)28-25-29-21-23-32(24-22-29)34(27-10-6-2,30-17-13-11-14-18-30)31-19-15-12-16-20-31/h11-24,33-34H,5-10,25-28H2,1-4H3. The van der Waals surface area contributed by atoms with Crippen molar-refractivity contribution in [1.29, 1.82) is 0 Å². The summed E-state index contributed by atoms with van der Waals surface area (Å²) in [5.41, 5.74) is 1.54. The van der Waals surface area contributed by atoms with Crippen molar-refractivity contribution in [2.24, 2.45) is 0 Å². The minimum absolute atomic E-state index is 1.11. The van der Waals surface area contributed by atoms with E-state index in [4.69, 9.17) is 0 Å². The Hall–Kier alpha value is -1.48. The summed E-state index contributed by atoms with van der Waals surface area (Å²) in [6, 6.07) is 32.8. The zero-order chi connectivity index (χ0) is 24.3. The molecule has 0 saturated heterocycles. The van der Waals surface area contributed by atoms with Crippen molar-refractivity contribution in [3.05, 3.63) is 90.5 Å². The molecular weight excluding hydrogens is 446 g/mol. The van der Waals surface area contributed by atoms with E-state index in [2.05, 4.69) is 113 Å². The van der Waals surface area contributed by atoms with Crippen LogP contribution in [0.5, 0.6) is 0 Å². The van der Waals surface area contributed by atoms with Crippen molar-refractivity contribution in [3.63, 3.8) is 0 Å². The first-order valence-electron chi connectivity index (χ1n) is 13.8. The summed E-state index contributed by atoms with van der Waals surface area (Å²) < 4.78 is 0. The molecule has 0 saturated carbocycles. The maximum atomic E-state index is 2.50. The van der Waals surface area contributed by atoms with E-state index in [1.54, 1.807) is 21.5 Å². The number of hydrogen-bond acceptors (Lipinski definition) is 0. The fourth-order valence-corrected chi connectivity index (χ4v) is 14.9. The van der Waals surface area contributed by atoms with Crippen molar-refractivity contribution in [2.75, 3.05) is 30.8 Å². The van der Waals surface area contributed by atoms with Gasteiger partial charge in [-0.3, -0.25) is 0 Å². The van der Waals surface area contributed by atoms with Gasteiger partial charge in [-0.25, -0.2) is 0 Å². The summed E-state index contributed by atoms with van der Waals surface area (Å²) in [4.78, 5) is 0. The Morgan fingerprint density at radius 2 is 0.971 bits per heavy atom. The molecule has 34 heavy (non-hydrogen) atoms. The summed E-state index contributed by atoms with van der Waals surface area (Å²) in [6.45, 7) is 9.59. The first kappa shape index (κ1) is 27.1. The third-order valence-electron chi connectivity index (χ3n) is 8.39. The van der Waals surface area contributed by atoms with Gasteiger partial charge in [0, 0.05) is 0 Å². The molecule has 0 amide bonds. The van der Waals surface area contributed by atoms with E-state index in [1.165, 1.54) is 62.9 Å². The second kappa shape index (κ2) is 13.6. The first-order chi connectivity index (χ1) is 16.6. The van der Waals surface area contributed by atoms with Gasteiger partial charge in [-0.2, -0.15) is 0 Å². The summed E-state index contributed by atoms with van der Waals surface area (Å²) in [5.74, 6) is 0. The van der Waals surface area contributed by atoms with E-state index in [0.29, 0.717) is 0 Å². The van der Waals surface area contributed by atoms with Crippen molar-refractivity contribution in [2.45, 2.75) is 59.8 Å². The Morgan fingerprint density at radius 3 is 1.44 bits per heavy atom. The molecule has 0 aliphatic rings. The molecule has 0 bridgehead atoms. The molecule has 0 heterocycles. The van der Waals surface area contributed by atoms with E-state index in [9.17, 15) is 0 Å². The molecule has 3 rings (SSSR count). The van der Waals surface area contributed by atoms with Crippen LogP contribution in [0.4, 0.5) is 0 Å². The maximum absolute atomic E-state index is 2.50. The molecule has 0 spiro atoms. The molecule has 3 aromatic rings.